The van der Waals surface area contributed by atoms with E-state index in [1.165, 1.54) is 0 Å². The molecule has 13 heavy (non-hydrogen) atoms. The fourth-order valence-corrected chi connectivity index (χ4v) is 1.37. The van der Waals surface area contributed by atoms with Gasteiger partial charge in [-0.1, -0.05) is 18.2 Å². The van der Waals surface area contributed by atoms with Crippen molar-refractivity contribution in [2.45, 2.75) is 12.5 Å². The van der Waals surface area contributed by atoms with Crippen LogP contribution in [0.3, 0.4) is 0 Å². The average Bonchev–Trinajstić information content (AvgIpc) is 2.06. The monoisotopic (exact) mass is 179 g/mol. The molecule has 1 aliphatic heterocycles. The third-order valence-electron chi connectivity index (χ3n) is 2.25. The first kappa shape index (κ1) is 8.50. The Hall–Kier alpha value is -1.10. The van der Waals surface area contributed by atoms with Gasteiger partial charge in [-0.2, -0.15) is 0 Å². The van der Waals surface area contributed by atoms with E-state index in [-0.39, 0.29) is 0 Å². The lowest BCUT2D eigenvalue weighted by molar-refractivity contribution is -0.0826. The molecule has 2 rings (SSSR count). The molecule has 1 heterocycles. The summed E-state index contributed by atoms with van der Waals surface area (Å²) in [6, 6.07) is 7.74. The van der Waals surface area contributed by atoms with Crippen LogP contribution in [0, 0.1) is 0 Å². The molecule has 0 fully saturated rings. The zero-order valence-corrected chi connectivity index (χ0v) is 7.53. The van der Waals surface area contributed by atoms with Gasteiger partial charge in [-0.25, -0.2) is 4.90 Å². The van der Waals surface area contributed by atoms with Gasteiger partial charge < -0.3 is 4.74 Å². The molecular weight excluding hydrogens is 166 g/mol. The topological polar surface area (TPSA) is 64.5 Å². The van der Waals surface area contributed by atoms with Gasteiger partial charge in [0.1, 0.15) is 5.75 Å². The molecule has 1 aromatic rings. The second-order valence-corrected chi connectivity index (χ2v) is 3.32. The molecule has 0 amide bonds. The Labute approximate surface area is 77.1 Å². The molecule has 4 nitrogen and oxygen atoms in total. The van der Waals surface area contributed by atoms with E-state index in [4.69, 9.17) is 16.2 Å². The highest BCUT2D eigenvalue weighted by atomic mass is 16.5. The Morgan fingerprint density at radius 2 is 2.08 bits per heavy atom. The van der Waals surface area contributed by atoms with Gasteiger partial charge in [0.15, 0.2) is 0 Å². The van der Waals surface area contributed by atoms with Crippen LogP contribution in [0.15, 0.2) is 24.3 Å². The zero-order chi connectivity index (χ0) is 9.47. The summed E-state index contributed by atoms with van der Waals surface area (Å²) in [6.45, 7) is 0.711. The van der Waals surface area contributed by atoms with Crippen molar-refractivity contribution in [2.24, 2.45) is 11.5 Å². The number of nitrogens with two attached hydrogens (primary N) is 2. The minimum Gasteiger partial charge on any atom is -0.446 e. The minimum atomic E-state index is -1.19. The number of nitrogens with zero attached hydrogens (tertiary/aromatic N) is 1. The van der Waals surface area contributed by atoms with Crippen LogP contribution >= 0.6 is 0 Å². The second-order valence-electron chi connectivity index (χ2n) is 3.32. The van der Waals surface area contributed by atoms with E-state index in [2.05, 4.69) is 0 Å². The zero-order valence-electron chi connectivity index (χ0n) is 7.53. The highest BCUT2D eigenvalue weighted by Gasteiger charge is 2.32. The third-order valence-corrected chi connectivity index (χ3v) is 2.25. The molecule has 0 bridgehead atoms. The molecule has 0 radical (unpaired) electrons. The fraction of sp³-hybridized carbons (Fsp3) is 0.333. The van der Waals surface area contributed by atoms with Crippen LogP contribution in [-0.4, -0.2) is 17.9 Å². The predicted molar refractivity (Wildman–Crippen MR) is 49.6 cm³/mol. The van der Waals surface area contributed by atoms with Crippen LogP contribution in [0.25, 0.3) is 0 Å². The normalized spacial score (nSPS) is 20.5. The molecule has 0 saturated heterocycles. The van der Waals surface area contributed by atoms with E-state index in [1.54, 1.807) is 4.90 Å². The first-order valence-electron chi connectivity index (χ1n) is 4.15. The highest BCUT2D eigenvalue weighted by molar-refractivity contribution is 5.35. The van der Waals surface area contributed by atoms with E-state index in [0.29, 0.717) is 6.54 Å². The van der Waals surface area contributed by atoms with Gasteiger partial charge in [-0.3, -0.25) is 11.5 Å². The third kappa shape index (κ3) is 1.39. The lowest BCUT2D eigenvalue weighted by Gasteiger charge is -2.39. The van der Waals surface area contributed by atoms with E-state index >= 15 is 0 Å². The number of ether oxygens (including phenoxy) is 1. The maximum atomic E-state index is 5.72. The summed E-state index contributed by atoms with van der Waals surface area (Å²) in [5.74, 6) is -0.417. The molecule has 0 aliphatic carbocycles. The van der Waals surface area contributed by atoms with Crippen molar-refractivity contribution < 1.29 is 4.74 Å². The summed E-state index contributed by atoms with van der Waals surface area (Å²) in [7, 11) is 1.83. The van der Waals surface area contributed by atoms with Gasteiger partial charge in [0.25, 0.3) is 5.97 Å². The number of benzene rings is 1. The van der Waals surface area contributed by atoms with Crippen LogP contribution in [0.2, 0.25) is 0 Å². The van der Waals surface area contributed by atoms with Gasteiger partial charge in [0.05, 0.1) is 0 Å². The Morgan fingerprint density at radius 1 is 1.38 bits per heavy atom. The van der Waals surface area contributed by atoms with Crippen molar-refractivity contribution in [2.75, 3.05) is 7.05 Å². The lowest BCUT2D eigenvalue weighted by Crippen LogP contribution is -2.67. The average molecular weight is 179 g/mol. The Morgan fingerprint density at radius 3 is 2.85 bits per heavy atom. The van der Waals surface area contributed by atoms with Crippen molar-refractivity contribution in [3.05, 3.63) is 29.8 Å². The van der Waals surface area contributed by atoms with Crippen LogP contribution in [0.4, 0.5) is 0 Å². The molecule has 0 spiro atoms. The molecule has 70 valence electrons. The van der Waals surface area contributed by atoms with Crippen LogP contribution < -0.4 is 16.2 Å². The minimum absolute atomic E-state index is 0.711. The number of rotatable bonds is 0. The molecule has 0 aromatic heterocycles. The summed E-state index contributed by atoms with van der Waals surface area (Å²) < 4.78 is 5.41. The largest absolute Gasteiger partial charge is 0.446 e. The SMILES string of the molecule is CN1Cc2ccccc2OC1(N)N. The van der Waals surface area contributed by atoms with Gasteiger partial charge in [0, 0.05) is 12.1 Å². The smallest absolute Gasteiger partial charge is 0.276 e. The molecule has 1 aromatic carbocycles. The van der Waals surface area contributed by atoms with Crippen LogP contribution in [0.5, 0.6) is 5.75 Å². The number of fused-ring (bicyclic) bond motifs is 1. The van der Waals surface area contributed by atoms with E-state index in [0.717, 1.165) is 11.3 Å². The van der Waals surface area contributed by atoms with Crippen molar-refractivity contribution >= 4 is 0 Å². The maximum absolute atomic E-state index is 5.72. The van der Waals surface area contributed by atoms with E-state index in [9.17, 15) is 0 Å². The lowest BCUT2D eigenvalue weighted by atomic mass is 10.1. The number of hydrogen-bond donors (Lipinski definition) is 2. The van der Waals surface area contributed by atoms with Gasteiger partial charge in [0.2, 0.25) is 0 Å². The first-order chi connectivity index (χ1) is 6.09. The molecular formula is C9H13N3O. The fourth-order valence-electron chi connectivity index (χ4n) is 1.37. The van der Waals surface area contributed by atoms with Gasteiger partial charge >= 0.3 is 0 Å². The molecule has 4 N–H and O–H groups in total. The highest BCUT2D eigenvalue weighted by Crippen LogP contribution is 2.27. The summed E-state index contributed by atoms with van der Waals surface area (Å²) in [6.07, 6.45) is 0. The standard InChI is InChI=1S/C9H13N3O/c1-12-6-7-4-2-3-5-8(7)13-9(12,10)11/h2-5H,6,10-11H2,1H3. The predicted octanol–water partition coefficient (Wildman–Crippen LogP) is 0.0395. The van der Waals surface area contributed by atoms with Gasteiger partial charge in [-0.15, -0.1) is 0 Å². The number of para-hydroxylation sites is 1. The van der Waals surface area contributed by atoms with Crippen molar-refractivity contribution in [3.8, 4) is 5.75 Å². The van der Waals surface area contributed by atoms with E-state index in [1.807, 2.05) is 31.3 Å². The van der Waals surface area contributed by atoms with Gasteiger partial charge in [-0.05, 0) is 13.1 Å². The van der Waals surface area contributed by atoms with Crippen molar-refractivity contribution in [1.82, 2.24) is 4.90 Å². The first-order valence-corrected chi connectivity index (χ1v) is 4.15. The second kappa shape index (κ2) is 2.70. The molecule has 0 saturated carbocycles. The van der Waals surface area contributed by atoms with Crippen LogP contribution in [0.1, 0.15) is 5.56 Å². The van der Waals surface area contributed by atoms with Crippen molar-refractivity contribution in [3.63, 3.8) is 0 Å². The van der Waals surface area contributed by atoms with Crippen LogP contribution in [-0.2, 0) is 6.54 Å². The Bertz CT molecular complexity index is 324. The number of hydrogen-bond acceptors (Lipinski definition) is 4. The molecule has 0 atom stereocenters. The summed E-state index contributed by atoms with van der Waals surface area (Å²) in [5, 5.41) is 0. The maximum Gasteiger partial charge on any atom is 0.276 e. The Kier molecular flexibility index (Phi) is 1.76. The summed E-state index contributed by atoms with van der Waals surface area (Å²) in [5.41, 5.74) is 12.5. The molecule has 1 aliphatic rings. The molecule has 0 unspecified atom stereocenters. The molecule has 4 heteroatoms. The quantitative estimate of drug-likeness (QED) is 0.552. The van der Waals surface area contributed by atoms with Crippen molar-refractivity contribution in [1.29, 1.82) is 0 Å². The summed E-state index contributed by atoms with van der Waals surface area (Å²) >= 11 is 0. The Balaban J connectivity index is 2.39. The van der Waals surface area contributed by atoms with E-state index < -0.39 is 5.97 Å². The summed E-state index contributed by atoms with van der Waals surface area (Å²) in [4.78, 5) is 1.76.